The maximum atomic E-state index is 13.4. The molecular formula is C14H13ClFNO2S. The van der Waals surface area contributed by atoms with Crippen LogP contribution in [0.5, 0.6) is 0 Å². The Morgan fingerprint density at radius 1 is 1.45 bits per heavy atom. The van der Waals surface area contributed by atoms with E-state index in [1.807, 2.05) is 13.0 Å². The summed E-state index contributed by atoms with van der Waals surface area (Å²) in [6.45, 7) is 1.58. The molecule has 1 aromatic carbocycles. The van der Waals surface area contributed by atoms with Gasteiger partial charge in [-0.05, 0) is 36.8 Å². The fourth-order valence-electron chi connectivity index (χ4n) is 1.75. The highest BCUT2D eigenvalue weighted by Crippen LogP contribution is 2.21. The SMILES string of the molecule is Cc1ccc(C(=O)NC(CO)c2ccc(Cl)c(F)c2)s1. The lowest BCUT2D eigenvalue weighted by Crippen LogP contribution is -2.30. The first-order valence-corrected chi connectivity index (χ1v) is 7.14. The Bertz CT molecular complexity index is 629. The number of nitrogens with one attached hydrogen (secondary N) is 1. The number of hydrogen-bond acceptors (Lipinski definition) is 3. The number of amides is 1. The summed E-state index contributed by atoms with van der Waals surface area (Å²) in [6, 6.07) is 7.07. The first-order valence-electron chi connectivity index (χ1n) is 5.94. The van der Waals surface area contributed by atoms with Crippen LogP contribution in [-0.4, -0.2) is 17.6 Å². The Labute approximate surface area is 125 Å². The van der Waals surface area contributed by atoms with Gasteiger partial charge in [-0.25, -0.2) is 4.39 Å². The van der Waals surface area contributed by atoms with Crippen molar-refractivity contribution in [3.63, 3.8) is 0 Å². The van der Waals surface area contributed by atoms with E-state index in [9.17, 15) is 14.3 Å². The van der Waals surface area contributed by atoms with Crippen LogP contribution in [0.25, 0.3) is 0 Å². The molecule has 2 aromatic rings. The lowest BCUT2D eigenvalue weighted by molar-refractivity contribution is 0.0920. The van der Waals surface area contributed by atoms with Crippen molar-refractivity contribution >= 4 is 28.8 Å². The van der Waals surface area contributed by atoms with Gasteiger partial charge in [0.2, 0.25) is 0 Å². The molecule has 0 saturated heterocycles. The maximum Gasteiger partial charge on any atom is 0.261 e. The van der Waals surface area contributed by atoms with Crippen LogP contribution in [0, 0.1) is 12.7 Å². The van der Waals surface area contributed by atoms with Gasteiger partial charge in [0.05, 0.1) is 22.5 Å². The third-order valence-corrected chi connectivity index (χ3v) is 4.10. The van der Waals surface area contributed by atoms with Crippen LogP contribution in [0.1, 0.15) is 26.2 Å². The second-order valence-corrected chi connectivity index (χ2v) is 5.99. The second kappa shape index (κ2) is 6.35. The van der Waals surface area contributed by atoms with Gasteiger partial charge in [-0.2, -0.15) is 0 Å². The van der Waals surface area contributed by atoms with E-state index in [0.29, 0.717) is 10.4 Å². The molecule has 2 N–H and O–H groups in total. The fourth-order valence-corrected chi connectivity index (χ4v) is 2.64. The highest BCUT2D eigenvalue weighted by molar-refractivity contribution is 7.13. The van der Waals surface area contributed by atoms with Crippen molar-refractivity contribution in [3.8, 4) is 0 Å². The van der Waals surface area contributed by atoms with Crippen LogP contribution in [0.4, 0.5) is 4.39 Å². The molecule has 0 saturated carbocycles. The van der Waals surface area contributed by atoms with E-state index in [1.165, 1.54) is 23.5 Å². The van der Waals surface area contributed by atoms with Gasteiger partial charge in [0.1, 0.15) is 5.82 Å². The van der Waals surface area contributed by atoms with E-state index in [0.717, 1.165) is 4.88 Å². The molecule has 3 nitrogen and oxygen atoms in total. The van der Waals surface area contributed by atoms with Gasteiger partial charge in [0.15, 0.2) is 0 Å². The third kappa shape index (κ3) is 3.36. The zero-order valence-corrected chi connectivity index (χ0v) is 12.3. The van der Waals surface area contributed by atoms with E-state index >= 15 is 0 Å². The molecule has 1 aromatic heterocycles. The highest BCUT2D eigenvalue weighted by atomic mass is 35.5. The number of thiophene rings is 1. The van der Waals surface area contributed by atoms with E-state index < -0.39 is 11.9 Å². The summed E-state index contributed by atoms with van der Waals surface area (Å²) >= 11 is 6.97. The highest BCUT2D eigenvalue weighted by Gasteiger charge is 2.17. The minimum Gasteiger partial charge on any atom is -0.394 e. The number of aliphatic hydroxyl groups is 1. The molecule has 0 aliphatic rings. The second-order valence-electron chi connectivity index (χ2n) is 4.29. The molecule has 2 rings (SSSR count). The third-order valence-electron chi connectivity index (χ3n) is 2.80. The fraction of sp³-hybridized carbons (Fsp3) is 0.214. The zero-order chi connectivity index (χ0) is 14.7. The van der Waals surface area contributed by atoms with Crippen molar-refractivity contribution in [2.75, 3.05) is 6.61 Å². The van der Waals surface area contributed by atoms with E-state index in [2.05, 4.69) is 5.32 Å². The van der Waals surface area contributed by atoms with Crippen molar-refractivity contribution < 1.29 is 14.3 Å². The average molecular weight is 314 g/mol. The van der Waals surface area contributed by atoms with Gasteiger partial charge in [0, 0.05) is 4.88 Å². The Morgan fingerprint density at radius 2 is 2.20 bits per heavy atom. The number of carbonyl (C=O) groups excluding carboxylic acids is 1. The smallest absolute Gasteiger partial charge is 0.261 e. The molecule has 0 spiro atoms. The summed E-state index contributed by atoms with van der Waals surface area (Å²) < 4.78 is 13.4. The van der Waals surface area contributed by atoms with Gasteiger partial charge in [-0.15, -0.1) is 11.3 Å². The van der Waals surface area contributed by atoms with E-state index in [-0.39, 0.29) is 17.5 Å². The van der Waals surface area contributed by atoms with Gasteiger partial charge < -0.3 is 10.4 Å². The summed E-state index contributed by atoms with van der Waals surface area (Å²) in [7, 11) is 0. The molecule has 20 heavy (non-hydrogen) atoms. The molecule has 1 unspecified atom stereocenters. The summed E-state index contributed by atoms with van der Waals surface area (Å²) in [5.74, 6) is -0.874. The Kier molecular flexibility index (Phi) is 4.75. The topological polar surface area (TPSA) is 49.3 Å². The lowest BCUT2D eigenvalue weighted by atomic mass is 10.1. The van der Waals surface area contributed by atoms with Crippen molar-refractivity contribution in [1.29, 1.82) is 0 Å². The lowest BCUT2D eigenvalue weighted by Gasteiger charge is -2.16. The predicted octanol–water partition coefficient (Wildman–Crippen LogP) is 3.31. The van der Waals surface area contributed by atoms with Crippen LogP contribution in [-0.2, 0) is 0 Å². The number of halogens is 2. The van der Waals surface area contributed by atoms with Crippen molar-refractivity contribution in [2.45, 2.75) is 13.0 Å². The molecule has 1 amide bonds. The van der Waals surface area contributed by atoms with E-state index in [1.54, 1.807) is 12.1 Å². The molecule has 0 aliphatic heterocycles. The van der Waals surface area contributed by atoms with Crippen LogP contribution < -0.4 is 5.32 Å². The first-order chi connectivity index (χ1) is 9.51. The molecule has 106 valence electrons. The normalized spacial score (nSPS) is 12.2. The number of aryl methyl sites for hydroxylation is 1. The summed E-state index contributed by atoms with van der Waals surface area (Å²) in [4.78, 5) is 13.6. The standard InChI is InChI=1S/C14H13ClFNO2S/c1-8-2-5-13(20-8)14(19)17-12(7-18)9-3-4-10(15)11(16)6-9/h2-6,12,18H,7H2,1H3,(H,17,19). The van der Waals surface area contributed by atoms with Crippen LogP contribution in [0.3, 0.4) is 0 Å². The number of benzene rings is 1. The average Bonchev–Trinajstić information content (AvgIpc) is 2.86. The van der Waals surface area contributed by atoms with Crippen LogP contribution in [0.15, 0.2) is 30.3 Å². The molecular weight excluding hydrogens is 301 g/mol. The monoisotopic (exact) mass is 313 g/mol. The van der Waals surface area contributed by atoms with Gasteiger partial charge in [0.25, 0.3) is 5.91 Å². The summed E-state index contributed by atoms with van der Waals surface area (Å²) in [5.41, 5.74) is 0.469. The van der Waals surface area contributed by atoms with Crippen molar-refractivity contribution in [2.24, 2.45) is 0 Å². The van der Waals surface area contributed by atoms with Gasteiger partial charge in [-0.1, -0.05) is 17.7 Å². The van der Waals surface area contributed by atoms with Crippen LogP contribution >= 0.6 is 22.9 Å². The Morgan fingerprint density at radius 3 is 2.75 bits per heavy atom. The molecule has 0 bridgehead atoms. The predicted molar refractivity (Wildman–Crippen MR) is 77.8 cm³/mol. The number of hydrogen-bond donors (Lipinski definition) is 2. The molecule has 0 radical (unpaired) electrons. The van der Waals surface area contributed by atoms with Gasteiger partial charge in [-0.3, -0.25) is 4.79 Å². The van der Waals surface area contributed by atoms with Crippen molar-refractivity contribution in [1.82, 2.24) is 5.32 Å². The number of aliphatic hydroxyl groups excluding tert-OH is 1. The molecule has 1 heterocycles. The largest absolute Gasteiger partial charge is 0.394 e. The minimum absolute atomic E-state index is 0.00523. The quantitative estimate of drug-likeness (QED) is 0.910. The minimum atomic E-state index is -0.670. The summed E-state index contributed by atoms with van der Waals surface area (Å²) in [6.07, 6.45) is 0. The summed E-state index contributed by atoms with van der Waals surface area (Å²) in [5, 5.41) is 12.1. The first kappa shape index (κ1) is 15.0. The number of rotatable bonds is 4. The zero-order valence-electron chi connectivity index (χ0n) is 10.7. The van der Waals surface area contributed by atoms with Gasteiger partial charge >= 0.3 is 0 Å². The molecule has 6 heteroatoms. The van der Waals surface area contributed by atoms with E-state index in [4.69, 9.17) is 11.6 Å². The Hall–Kier alpha value is -1.43. The van der Waals surface area contributed by atoms with Crippen LogP contribution in [0.2, 0.25) is 5.02 Å². The molecule has 0 aliphatic carbocycles. The number of carbonyl (C=O) groups is 1. The molecule has 1 atom stereocenters. The Balaban J connectivity index is 2.16. The molecule has 0 fully saturated rings. The maximum absolute atomic E-state index is 13.4. The van der Waals surface area contributed by atoms with Crippen molar-refractivity contribution in [3.05, 3.63) is 56.5 Å².